The second-order valence-electron chi connectivity index (χ2n) is 7.93. The lowest BCUT2D eigenvalue weighted by Gasteiger charge is -2.23. The van der Waals surface area contributed by atoms with E-state index in [0.717, 1.165) is 77.0 Å². The van der Waals surface area contributed by atoms with E-state index in [4.69, 9.17) is 5.11 Å². The van der Waals surface area contributed by atoms with Crippen LogP contribution in [0.5, 0.6) is 0 Å². The Balaban J connectivity index is 3.66. The van der Waals surface area contributed by atoms with Crippen molar-refractivity contribution in [2.45, 2.75) is 128 Å². The van der Waals surface area contributed by atoms with E-state index in [9.17, 15) is 19.8 Å². The highest BCUT2D eigenvalue weighted by Crippen LogP contribution is 2.24. The zero-order valence-corrected chi connectivity index (χ0v) is 17.4. The summed E-state index contributed by atoms with van der Waals surface area (Å²) in [6.45, 7) is 2.17. The summed E-state index contributed by atoms with van der Waals surface area (Å²) in [7, 11) is 0. The van der Waals surface area contributed by atoms with Crippen LogP contribution in [0.1, 0.15) is 122 Å². The van der Waals surface area contributed by atoms with E-state index in [1.54, 1.807) is 0 Å². The average Bonchev–Trinajstić information content (AvgIpc) is 2.62. The number of unbranched alkanes of at least 4 members (excludes halogenated alkanes) is 13. The Hall–Kier alpha value is -1.10. The van der Waals surface area contributed by atoms with Crippen molar-refractivity contribution in [1.29, 1.82) is 0 Å². The van der Waals surface area contributed by atoms with E-state index in [2.05, 4.69) is 6.92 Å². The van der Waals surface area contributed by atoms with Crippen LogP contribution in [-0.2, 0) is 9.59 Å². The molecule has 5 heteroatoms. The lowest BCUT2D eigenvalue weighted by atomic mass is 9.89. The predicted molar refractivity (Wildman–Crippen MR) is 109 cm³/mol. The van der Waals surface area contributed by atoms with Crippen LogP contribution < -0.4 is 0 Å². The van der Waals surface area contributed by atoms with Gasteiger partial charge in [-0.3, -0.25) is 4.79 Å². The summed E-state index contributed by atoms with van der Waals surface area (Å²) in [5.41, 5.74) is -1.55. The zero-order valence-electron chi connectivity index (χ0n) is 17.4. The fraction of sp³-hybridized carbons (Fsp3) is 0.909. The molecule has 0 saturated carbocycles. The molecule has 0 aromatic heterocycles. The molecule has 0 saturated heterocycles. The molecule has 0 amide bonds. The van der Waals surface area contributed by atoms with Crippen molar-refractivity contribution in [1.82, 2.24) is 0 Å². The van der Waals surface area contributed by atoms with Gasteiger partial charge in [-0.15, -0.1) is 0 Å². The molecule has 0 aliphatic carbocycles. The molecule has 0 radical (unpaired) electrons. The molecular weight excluding hydrogens is 344 g/mol. The van der Waals surface area contributed by atoms with Crippen LogP contribution in [0.25, 0.3) is 0 Å². The van der Waals surface area contributed by atoms with Crippen molar-refractivity contribution in [2.24, 2.45) is 0 Å². The Kier molecular flexibility index (Phi) is 16.3. The van der Waals surface area contributed by atoms with Gasteiger partial charge in [-0.2, -0.15) is 0 Å². The third-order valence-electron chi connectivity index (χ3n) is 5.32. The van der Waals surface area contributed by atoms with Crippen LogP contribution in [0.2, 0.25) is 0 Å². The van der Waals surface area contributed by atoms with Crippen molar-refractivity contribution in [3.05, 3.63) is 0 Å². The van der Waals surface area contributed by atoms with Crippen molar-refractivity contribution < 1.29 is 24.9 Å². The van der Waals surface area contributed by atoms with Gasteiger partial charge in [0.05, 0.1) is 0 Å². The van der Waals surface area contributed by atoms with E-state index in [1.807, 2.05) is 0 Å². The molecule has 160 valence electrons. The van der Waals surface area contributed by atoms with Crippen LogP contribution in [-0.4, -0.2) is 32.9 Å². The van der Waals surface area contributed by atoms with Gasteiger partial charge in [-0.05, 0) is 32.1 Å². The molecule has 0 aliphatic heterocycles. The Morgan fingerprint density at radius 3 is 1.37 bits per heavy atom. The Bertz CT molecular complexity index is 383. The van der Waals surface area contributed by atoms with Gasteiger partial charge in [0.15, 0.2) is 5.60 Å². The fourth-order valence-corrected chi connectivity index (χ4v) is 3.47. The highest BCUT2D eigenvalue weighted by atomic mass is 16.4. The fourth-order valence-electron chi connectivity index (χ4n) is 3.47. The van der Waals surface area contributed by atoms with Gasteiger partial charge in [0, 0.05) is 6.42 Å². The SMILES string of the molecule is CCCCCCCCC(O)(CCCCCCCCCCCC(=O)O)C(=O)O. The van der Waals surface area contributed by atoms with Gasteiger partial charge < -0.3 is 15.3 Å². The van der Waals surface area contributed by atoms with E-state index in [0.29, 0.717) is 12.8 Å². The molecular formula is C22H42O5. The molecule has 0 rings (SSSR count). The number of carboxylic acid groups (broad SMARTS) is 2. The number of hydrogen-bond acceptors (Lipinski definition) is 3. The lowest BCUT2D eigenvalue weighted by molar-refractivity contribution is -0.160. The molecule has 3 N–H and O–H groups in total. The molecule has 0 bridgehead atoms. The summed E-state index contributed by atoms with van der Waals surface area (Å²) in [6, 6.07) is 0. The Morgan fingerprint density at radius 1 is 0.630 bits per heavy atom. The minimum Gasteiger partial charge on any atom is -0.481 e. The smallest absolute Gasteiger partial charge is 0.335 e. The maximum atomic E-state index is 11.4. The van der Waals surface area contributed by atoms with Crippen LogP contribution in [0.3, 0.4) is 0 Å². The summed E-state index contributed by atoms with van der Waals surface area (Å²) in [6.07, 6.45) is 16.6. The number of rotatable bonds is 20. The molecule has 27 heavy (non-hydrogen) atoms. The van der Waals surface area contributed by atoms with Gasteiger partial charge in [0.25, 0.3) is 0 Å². The first kappa shape index (κ1) is 25.9. The van der Waals surface area contributed by atoms with Gasteiger partial charge in [-0.1, -0.05) is 84.0 Å². The monoisotopic (exact) mass is 386 g/mol. The molecule has 1 atom stereocenters. The van der Waals surface area contributed by atoms with Crippen LogP contribution in [0, 0.1) is 0 Å². The number of aliphatic hydroxyl groups is 1. The summed E-state index contributed by atoms with van der Waals surface area (Å²) in [5.74, 6) is -1.79. The van der Waals surface area contributed by atoms with Crippen molar-refractivity contribution in [3.8, 4) is 0 Å². The van der Waals surface area contributed by atoms with E-state index in [-0.39, 0.29) is 6.42 Å². The second kappa shape index (κ2) is 17.0. The predicted octanol–water partition coefficient (Wildman–Crippen LogP) is 5.93. The van der Waals surface area contributed by atoms with Gasteiger partial charge in [-0.25, -0.2) is 4.79 Å². The van der Waals surface area contributed by atoms with Crippen LogP contribution >= 0.6 is 0 Å². The standard InChI is InChI=1S/C22H42O5/c1-2-3-4-5-12-15-18-22(27,21(25)26)19-16-13-10-8-6-7-9-11-14-17-20(23)24/h27H,2-19H2,1H3,(H,23,24)(H,25,26). The number of aliphatic carboxylic acids is 2. The second-order valence-corrected chi connectivity index (χ2v) is 7.93. The average molecular weight is 387 g/mol. The maximum absolute atomic E-state index is 11.4. The first-order valence-electron chi connectivity index (χ1n) is 11.1. The Labute approximate surface area is 165 Å². The number of hydrogen-bond donors (Lipinski definition) is 3. The van der Waals surface area contributed by atoms with Gasteiger partial charge in [0.2, 0.25) is 0 Å². The normalized spacial score (nSPS) is 13.4. The maximum Gasteiger partial charge on any atom is 0.335 e. The first-order valence-corrected chi connectivity index (χ1v) is 11.1. The quantitative estimate of drug-likeness (QED) is 0.225. The Morgan fingerprint density at radius 2 is 1.00 bits per heavy atom. The van der Waals surface area contributed by atoms with E-state index in [1.165, 1.54) is 19.3 Å². The molecule has 1 unspecified atom stereocenters. The van der Waals surface area contributed by atoms with E-state index >= 15 is 0 Å². The largest absolute Gasteiger partial charge is 0.481 e. The van der Waals surface area contributed by atoms with Crippen molar-refractivity contribution in [3.63, 3.8) is 0 Å². The molecule has 0 aromatic rings. The third-order valence-corrected chi connectivity index (χ3v) is 5.32. The zero-order chi connectivity index (χ0) is 20.4. The molecule has 0 aromatic carbocycles. The molecule has 0 aliphatic rings. The minimum atomic E-state index is -1.55. The lowest BCUT2D eigenvalue weighted by Crippen LogP contribution is -2.38. The molecule has 0 spiro atoms. The van der Waals surface area contributed by atoms with Crippen LogP contribution in [0.4, 0.5) is 0 Å². The van der Waals surface area contributed by atoms with Crippen molar-refractivity contribution >= 4 is 11.9 Å². The number of carbonyl (C=O) groups is 2. The topological polar surface area (TPSA) is 94.8 Å². The van der Waals surface area contributed by atoms with E-state index < -0.39 is 17.5 Å². The third kappa shape index (κ3) is 15.6. The van der Waals surface area contributed by atoms with Crippen molar-refractivity contribution in [2.75, 3.05) is 0 Å². The van der Waals surface area contributed by atoms with Crippen LogP contribution in [0.15, 0.2) is 0 Å². The summed E-state index contributed by atoms with van der Waals surface area (Å²) < 4.78 is 0. The highest BCUT2D eigenvalue weighted by molar-refractivity contribution is 5.76. The molecule has 5 nitrogen and oxygen atoms in total. The highest BCUT2D eigenvalue weighted by Gasteiger charge is 2.34. The summed E-state index contributed by atoms with van der Waals surface area (Å²) >= 11 is 0. The first-order chi connectivity index (χ1) is 12.9. The molecule has 0 fully saturated rings. The summed E-state index contributed by atoms with van der Waals surface area (Å²) in [5, 5.41) is 28.3. The van der Waals surface area contributed by atoms with Gasteiger partial charge in [0.1, 0.15) is 0 Å². The minimum absolute atomic E-state index is 0.269. The number of carboxylic acids is 2. The van der Waals surface area contributed by atoms with Gasteiger partial charge >= 0.3 is 11.9 Å². The summed E-state index contributed by atoms with van der Waals surface area (Å²) in [4.78, 5) is 21.8. The molecule has 0 heterocycles.